The number of esters is 1. The van der Waals surface area contributed by atoms with Gasteiger partial charge in [-0.2, -0.15) is 0 Å². The Morgan fingerprint density at radius 3 is 2.78 bits per heavy atom. The van der Waals surface area contributed by atoms with Crippen molar-refractivity contribution in [2.45, 2.75) is 45.4 Å². The molecule has 2 rings (SSSR count). The molecule has 0 saturated carbocycles. The minimum Gasteiger partial charge on any atom is -0.492 e. The number of ether oxygens (including phenoxy) is 4. The quantitative estimate of drug-likeness (QED) is 0.417. The molecular weight excluding hydrogens is 414 g/mol. The molecule has 7 heteroatoms. The molecule has 3 atom stereocenters. The summed E-state index contributed by atoms with van der Waals surface area (Å²) in [6.07, 6.45) is 1.23. The zero-order valence-corrected chi connectivity index (χ0v) is 17.9. The van der Waals surface area contributed by atoms with Gasteiger partial charge in [0.25, 0.3) is 0 Å². The van der Waals surface area contributed by atoms with Crippen molar-refractivity contribution in [3.8, 4) is 5.75 Å². The first-order valence-electron chi connectivity index (χ1n) is 9.36. The summed E-state index contributed by atoms with van der Waals surface area (Å²) in [4.78, 5) is 11.9. The number of rotatable bonds is 11. The van der Waals surface area contributed by atoms with Crippen molar-refractivity contribution in [1.82, 2.24) is 0 Å². The van der Waals surface area contributed by atoms with E-state index in [2.05, 4.69) is 15.9 Å². The van der Waals surface area contributed by atoms with E-state index in [9.17, 15) is 4.79 Å². The van der Waals surface area contributed by atoms with Gasteiger partial charge in [0.2, 0.25) is 0 Å². The zero-order valence-electron chi connectivity index (χ0n) is 16.3. The van der Waals surface area contributed by atoms with Crippen LogP contribution in [0.1, 0.15) is 32.3 Å². The van der Waals surface area contributed by atoms with Gasteiger partial charge in [-0.3, -0.25) is 4.79 Å². The van der Waals surface area contributed by atoms with Crippen LogP contribution in [0.2, 0.25) is 0 Å². The molecule has 1 fully saturated rings. The van der Waals surface area contributed by atoms with Crippen molar-refractivity contribution >= 4 is 21.9 Å². The summed E-state index contributed by atoms with van der Waals surface area (Å²) in [5, 5.41) is 0. The van der Waals surface area contributed by atoms with Gasteiger partial charge in [0.05, 0.1) is 36.3 Å². The van der Waals surface area contributed by atoms with E-state index in [1.807, 2.05) is 32.0 Å². The van der Waals surface area contributed by atoms with Crippen LogP contribution in [0.4, 0.5) is 0 Å². The van der Waals surface area contributed by atoms with Gasteiger partial charge in [0.1, 0.15) is 11.9 Å². The van der Waals surface area contributed by atoms with Gasteiger partial charge < -0.3 is 24.7 Å². The lowest BCUT2D eigenvalue weighted by Gasteiger charge is -2.18. The van der Waals surface area contributed by atoms with Crippen LogP contribution in [-0.4, -0.2) is 45.0 Å². The molecule has 2 N–H and O–H groups in total. The summed E-state index contributed by atoms with van der Waals surface area (Å²) in [7, 11) is 1.67. The Morgan fingerprint density at radius 1 is 1.33 bits per heavy atom. The average molecular weight is 444 g/mol. The second-order valence-corrected chi connectivity index (χ2v) is 8.05. The first-order chi connectivity index (χ1) is 12.9. The van der Waals surface area contributed by atoms with Gasteiger partial charge in [0.15, 0.2) is 0 Å². The molecule has 152 valence electrons. The van der Waals surface area contributed by atoms with E-state index in [4.69, 9.17) is 24.7 Å². The average Bonchev–Trinajstić information content (AvgIpc) is 3.03. The lowest BCUT2D eigenvalue weighted by atomic mass is 9.91. The van der Waals surface area contributed by atoms with Gasteiger partial charge in [0, 0.05) is 20.1 Å². The molecular formula is C20H30BrNO5. The van der Waals surface area contributed by atoms with E-state index in [-0.39, 0.29) is 30.0 Å². The van der Waals surface area contributed by atoms with Crippen molar-refractivity contribution in [2.24, 2.45) is 17.6 Å². The molecule has 0 bridgehead atoms. The number of hydrogen-bond donors (Lipinski definition) is 1. The van der Waals surface area contributed by atoms with E-state index in [1.54, 1.807) is 7.11 Å². The number of benzene rings is 1. The van der Waals surface area contributed by atoms with Crippen LogP contribution in [0.5, 0.6) is 5.75 Å². The van der Waals surface area contributed by atoms with Gasteiger partial charge in [-0.1, -0.05) is 19.9 Å². The second-order valence-electron chi connectivity index (χ2n) is 7.20. The third-order valence-corrected chi connectivity index (χ3v) is 5.32. The molecule has 27 heavy (non-hydrogen) atoms. The maximum atomic E-state index is 11.9. The number of hydrogen-bond acceptors (Lipinski definition) is 6. The first-order valence-corrected chi connectivity index (χ1v) is 10.2. The van der Waals surface area contributed by atoms with Gasteiger partial charge >= 0.3 is 5.97 Å². The fraction of sp³-hybridized carbons (Fsp3) is 0.650. The monoisotopic (exact) mass is 443 g/mol. The summed E-state index contributed by atoms with van der Waals surface area (Å²) < 4.78 is 22.9. The molecule has 1 heterocycles. The van der Waals surface area contributed by atoms with Crippen molar-refractivity contribution in [2.75, 3.05) is 26.9 Å². The number of carbonyl (C=O) groups excluding carboxylic acids is 1. The fourth-order valence-electron chi connectivity index (χ4n) is 2.99. The SMILES string of the molecule is COCCCOc1cc(COCC(N)C2C[C@@H](C(C)C)C(=O)O2)ccc1Br. The fourth-order valence-corrected chi connectivity index (χ4v) is 3.35. The predicted octanol–water partition coefficient (Wildman–Crippen LogP) is 3.30. The lowest BCUT2D eigenvalue weighted by molar-refractivity contribution is -0.146. The maximum Gasteiger partial charge on any atom is 0.309 e. The normalized spacial score (nSPS) is 20.7. The standard InChI is InChI=1S/C20H30BrNO5/c1-13(2)15-10-19(27-20(15)23)17(22)12-25-11-14-5-6-16(21)18(9-14)26-8-4-7-24-3/h5-6,9,13,15,17,19H,4,7-8,10-12,22H2,1-3H3/t15-,17?,19?/m0/s1. The Bertz CT molecular complexity index is 610. The Balaban J connectivity index is 1.78. The van der Waals surface area contributed by atoms with Crippen LogP contribution in [-0.2, 0) is 25.6 Å². The zero-order chi connectivity index (χ0) is 19.8. The minimum absolute atomic E-state index is 0.0645. The molecule has 1 aliphatic heterocycles. The molecule has 1 aliphatic rings. The number of halogens is 1. The topological polar surface area (TPSA) is 80.0 Å². The van der Waals surface area contributed by atoms with E-state index < -0.39 is 0 Å². The molecule has 1 saturated heterocycles. The number of methoxy groups -OCH3 is 1. The third kappa shape index (κ3) is 6.75. The summed E-state index contributed by atoms with van der Waals surface area (Å²) >= 11 is 3.49. The van der Waals surface area contributed by atoms with Crippen LogP contribution < -0.4 is 10.5 Å². The molecule has 0 spiro atoms. The van der Waals surface area contributed by atoms with Crippen LogP contribution >= 0.6 is 15.9 Å². The number of cyclic esters (lactones) is 1. The largest absolute Gasteiger partial charge is 0.492 e. The summed E-state index contributed by atoms with van der Waals surface area (Å²) in [5.41, 5.74) is 7.17. The summed E-state index contributed by atoms with van der Waals surface area (Å²) in [6, 6.07) is 5.54. The highest BCUT2D eigenvalue weighted by atomic mass is 79.9. The van der Waals surface area contributed by atoms with Gasteiger partial charge in [-0.15, -0.1) is 0 Å². The van der Waals surface area contributed by atoms with Crippen LogP contribution in [0.15, 0.2) is 22.7 Å². The highest BCUT2D eigenvalue weighted by Crippen LogP contribution is 2.29. The summed E-state index contributed by atoms with van der Waals surface area (Å²) in [5.74, 6) is 0.834. The number of carbonyl (C=O) groups is 1. The Labute approximate surface area is 169 Å². The van der Waals surface area contributed by atoms with Gasteiger partial charge in [-0.25, -0.2) is 0 Å². The minimum atomic E-state index is -0.321. The molecule has 0 radical (unpaired) electrons. The van der Waals surface area contributed by atoms with E-state index in [0.29, 0.717) is 32.8 Å². The highest BCUT2D eigenvalue weighted by Gasteiger charge is 2.39. The van der Waals surface area contributed by atoms with E-state index in [1.165, 1.54) is 0 Å². The van der Waals surface area contributed by atoms with Crippen molar-refractivity contribution < 1.29 is 23.7 Å². The second kappa shape index (κ2) is 11.0. The van der Waals surface area contributed by atoms with Crippen LogP contribution in [0.25, 0.3) is 0 Å². The molecule has 1 aromatic carbocycles. The first kappa shape index (κ1) is 22.1. The molecule has 0 amide bonds. The van der Waals surface area contributed by atoms with E-state index >= 15 is 0 Å². The molecule has 0 aromatic heterocycles. The van der Waals surface area contributed by atoms with Gasteiger partial charge in [-0.05, 0) is 46.0 Å². The number of nitrogens with two attached hydrogens (primary N) is 1. The molecule has 2 unspecified atom stereocenters. The molecule has 0 aliphatic carbocycles. The molecule has 6 nitrogen and oxygen atoms in total. The van der Waals surface area contributed by atoms with Crippen LogP contribution in [0.3, 0.4) is 0 Å². The smallest absolute Gasteiger partial charge is 0.309 e. The predicted molar refractivity (Wildman–Crippen MR) is 107 cm³/mol. The van der Waals surface area contributed by atoms with E-state index in [0.717, 1.165) is 22.2 Å². The summed E-state index contributed by atoms with van der Waals surface area (Å²) in [6.45, 7) is 6.07. The van der Waals surface area contributed by atoms with Crippen molar-refractivity contribution in [3.05, 3.63) is 28.2 Å². The Morgan fingerprint density at radius 2 is 2.11 bits per heavy atom. The lowest BCUT2D eigenvalue weighted by Crippen LogP contribution is -2.38. The maximum absolute atomic E-state index is 11.9. The van der Waals surface area contributed by atoms with Crippen LogP contribution in [0, 0.1) is 11.8 Å². The van der Waals surface area contributed by atoms with Crippen molar-refractivity contribution in [3.63, 3.8) is 0 Å². The van der Waals surface area contributed by atoms with Crippen molar-refractivity contribution in [1.29, 1.82) is 0 Å². The Kier molecular flexibility index (Phi) is 9.02. The third-order valence-electron chi connectivity index (χ3n) is 4.66. The molecule has 1 aromatic rings. The Hall–Kier alpha value is -1.15. The highest BCUT2D eigenvalue weighted by molar-refractivity contribution is 9.10.